The van der Waals surface area contributed by atoms with Gasteiger partial charge in [0.2, 0.25) is 0 Å². The summed E-state index contributed by atoms with van der Waals surface area (Å²) in [5.41, 5.74) is 2.06. The van der Waals surface area contributed by atoms with E-state index in [1.807, 2.05) is 54.3 Å². The highest BCUT2D eigenvalue weighted by Crippen LogP contribution is 2.14. The van der Waals surface area contributed by atoms with E-state index in [2.05, 4.69) is 27.2 Å². The predicted molar refractivity (Wildman–Crippen MR) is 115 cm³/mol. The van der Waals surface area contributed by atoms with Crippen LogP contribution < -0.4 is 5.32 Å². The zero-order valence-corrected chi connectivity index (χ0v) is 17.8. The number of rotatable bonds is 5. The van der Waals surface area contributed by atoms with E-state index in [1.165, 1.54) is 0 Å². The Hall–Kier alpha value is -1.61. The van der Waals surface area contributed by atoms with E-state index in [9.17, 15) is 0 Å². The highest BCUT2D eigenvalue weighted by molar-refractivity contribution is 14.0. The second kappa shape index (κ2) is 10.5. The number of nitrogens with one attached hydrogen (secondary N) is 1. The number of ether oxygens (including phenoxy) is 1. The molecule has 1 saturated heterocycles. The minimum atomic E-state index is 0. The Kier molecular flexibility index (Phi) is 8.37. The van der Waals surface area contributed by atoms with Crippen LogP contribution in [0.2, 0.25) is 0 Å². The second-order valence-electron chi connectivity index (χ2n) is 6.13. The summed E-state index contributed by atoms with van der Waals surface area (Å²) in [5, 5.41) is 8.06. The van der Waals surface area contributed by atoms with E-state index in [-0.39, 0.29) is 24.0 Å². The molecule has 6 nitrogen and oxygen atoms in total. The van der Waals surface area contributed by atoms with Crippen LogP contribution in [0.4, 0.5) is 0 Å². The molecule has 1 aliphatic heterocycles. The van der Waals surface area contributed by atoms with Gasteiger partial charge in [0.1, 0.15) is 0 Å². The Morgan fingerprint density at radius 2 is 1.96 bits per heavy atom. The molecule has 1 N–H and O–H groups in total. The van der Waals surface area contributed by atoms with E-state index in [0.717, 1.165) is 49.9 Å². The summed E-state index contributed by atoms with van der Waals surface area (Å²) >= 11 is 0. The smallest absolute Gasteiger partial charge is 0.193 e. The fourth-order valence-electron chi connectivity index (χ4n) is 3.15. The van der Waals surface area contributed by atoms with Crippen LogP contribution in [0.5, 0.6) is 0 Å². The summed E-state index contributed by atoms with van der Waals surface area (Å²) in [6.45, 7) is 5.46. The van der Waals surface area contributed by atoms with E-state index in [4.69, 9.17) is 4.74 Å². The van der Waals surface area contributed by atoms with Crippen LogP contribution >= 0.6 is 24.0 Å². The number of nitrogens with zero attached hydrogens (tertiary/aromatic N) is 4. The van der Waals surface area contributed by atoms with Crippen molar-refractivity contribution in [3.63, 3.8) is 0 Å². The highest BCUT2D eigenvalue weighted by atomic mass is 127. The molecule has 0 saturated carbocycles. The maximum atomic E-state index is 5.72. The second-order valence-corrected chi connectivity index (χ2v) is 6.13. The van der Waals surface area contributed by atoms with Crippen molar-refractivity contribution in [3.8, 4) is 5.69 Å². The summed E-state index contributed by atoms with van der Waals surface area (Å²) in [4.78, 5) is 6.71. The van der Waals surface area contributed by atoms with Gasteiger partial charge in [0.05, 0.1) is 24.0 Å². The Morgan fingerprint density at radius 1 is 1.23 bits per heavy atom. The molecule has 2 heterocycles. The highest BCUT2D eigenvalue weighted by Gasteiger charge is 2.21. The molecule has 1 fully saturated rings. The van der Waals surface area contributed by atoms with Crippen molar-refractivity contribution in [2.45, 2.75) is 32.4 Å². The molecule has 0 amide bonds. The van der Waals surface area contributed by atoms with Crippen LogP contribution in [0.25, 0.3) is 5.69 Å². The van der Waals surface area contributed by atoms with Gasteiger partial charge in [0.15, 0.2) is 5.96 Å². The van der Waals surface area contributed by atoms with Gasteiger partial charge < -0.3 is 15.0 Å². The number of benzene rings is 1. The van der Waals surface area contributed by atoms with Crippen molar-refractivity contribution in [1.29, 1.82) is 0 Å². The van der Waals surface area contributed by atoms with Gasteiger partial charge in [0, 0.05) is 32.9 Å². The molecule has 0 unspecified atom stereocenters. The predicted octanol–water partition coefficient (Wildman–Crippen LogP) is 3.07. The number of likely N-dealkylation sites (tertiary alicyclic amines) is 1. The van der Waals surface area contributed by atoms with Crippen LogP contribution in [0, 0.1) is 0 Å². The fraction of sp³-hybridized carbons (Fsp3) is 0.474. The molecular formula is C19H28IN5O. The van der Waals surface area contributed by atoms with Crippen molar-refractivity contribution >= 4 is 29.9 Å². The first kappa shape index (κ1) is 20.7. The normalized spacial score (nSPS) is 15.6. The Morgan fingerprint density at radius 3 is 2.62 bits per heavy atom. The van der Waals surface area contributed by atoms with Gasteiger partial charge in [-0.15, -0.1) is 24.0 Å². The molecule has 1 aromatic heterocycles. The first-order valence-electron chi connectivity index (χ1n) is 8.97. The maximum absolute atomic E-state index is 5.72. The van der Waals surface area contributed by atoms with Gasteiger partial charge in [-0.3, -0.25) is 4.99 Å². The van der Waals surface area contributed by atoms with Gasteiger partial charge in [-0.2, -0.15) is 5.10 Å². The van der Waals surface area contributed by atoms with Crippen molar-refractivity contribution in [1.82, 2.24) is 20.0 Å². The van der Waals surface area contributed by atoms with Gasteiger partial charge in [-0.1, -0.05) is 18.2 Å². The lowest BCUT2D eigenvalue weighted by Crippen LogP contribution is -2.46. The molecule has 0 bridgehead atoms. The summed E-state index contributed by atoms with van der Waals surface area (Å²) in [6, 6.07) is 12.2. The lowest BCUT2D eigenvalue weighted by molar-refractivity contribution is 0.0263. The first-order valence-corrected chi connectivity index (χ1v) is 8.97. The number of aromatic nitrogens is 2. The zero-order chi connectivity index (χ0) is 17.5. The molecule has 1 aliphatic rings. The minimum Gasteiger partial charge on any atom is -0.378 e. The van der Waals surface area contributed by atoms with Crippen LogP contribution in [-0.4, -0.2) is 53.5 Å². The number of hydrogen-bond donors (Lipinski definition) is 1. The van der Waals surface area contributed by atoms with Gasteiger partial charge >= 0.3 is 0 Å². The van der Waals surface area contributed by atoms with E-state index in [1.54, 1.807) is 0 Å². The monoisotopic (exact) mass is 469 g/mol. The number of hydrogen-bond acceptors (Lipinski definition) is 3. The van der Waals surface area contributed by atoms with Crippen molar-refractivity contribution < 1.29 is 4.74 Å². The summed E-state index contributed by atoms with van der Waals surface area (Å²) < 4.78 is 7.62. The van der Waals surface area contributed by atoms with Gasteiger partial charge in [-0.05, 0) is 38.0 Å². The van der Waals surface area contributed by atoms with Crippen molar-refractivity contribution in [2.75, 3.05) is 26.7 Å². The van der Waals surface area contributed by atoms with E-state index < -0.39 is 0 Å². The maximum Gasteiger partial charge on any atom is 0.193 e. The Bertz CT molecular complexity index is 680. The third-order valence-corrected chi connectivity index (χ3v) is 4.45. The minimum absolute atomic E-state index is 0. The molecule has 26 heavy (non-hydrogen) atoms. The number of aliphatic imine (C=N–C) groups is 1. The molecule has 0 atom stereocenters. The molecule has 7 heteroatoms. The summed E-state index contributed by atoms with van der Waals surface area (Å²) in [6.07, 6.45) is 4.48. The van der Waals surface area contributed by atoms with Gasteiger partial charge in [-0.25, -0.2) is 4.68 Å². The third kappa shape index (κ3) is 5.44. The topological polar surface area (TPSA) is 54.7 Å². The Labute approximate surface area is 172 Å². The average Bonchev–Trinajstić information content (AvgIpc) is 3.13. The van der Waals surface area contributed by atoms with Crippen LogP contribution in [0.15, 0.2) is 47.6 Å². The summed E-state index contributed by atoms with van der Waals surface area (Å²) in [7, 11) is 1.83. The lowest BCUT2D eigenvalue weighted by Gasteiger charge is -2.33. The quantitative estimate of drug-likeness (QED) is 0.416. The number of halogens is 1. The first-order chi connectivity index (χ1) is 12.3. The lowest BCUT2D eigenvalue weighted by atomic mass is 10.1. The van der Waals surface area contributed by atoms with Crippen LogP contribution in [0.1, 0.15) is 25.5 Å². The van der Waals surface area contributed by atoms with E-state index in [0.29, 0.717) is 12.6 Å². The SMILES string of the molecule is CCOC1CCN(C(=NC)NCc2ccn(-c3ccccc3)n2)CC1.I. The molecular weight excluding hydrogens is 441 g/mol. The van der Waals surface area contributed by atoms with Crippen LogP contribution in [-0.2, 0) is 11.3 Å². The number of piperidine rings is 1. The Balaban J connectivity index is 0.00000243. The van der Waals surface area contributed by atoms with Crippen molar-refractivity contribution in [2.24, 2.45) is 4.99 Å². The molecule has 0 spiro atoms. The van der Waals surface area contributed by atoms with E-state index >= 15 is 0 Å². The molecule has 1 aromatic carbocycles. The summed E-state index contributed by atoms with van der Waals surface area (Å²) in [5.74, 6) is 0.934. The standard InChI is InChI=1S/C19H27N5O.HI/c1-3-25-18-10-12-23(13-11-18)19(20-2)21-15-16-9-14-24(22-16)17-7-5-4-6-8-17;/h4-9,14,18H,3,10-13,15H2,1-2H3,(H,20,21);1H. The molecule has 142 valence electrons. The van der Waals surface area contributed by atoms with Crippen LogP contribution in [0.3, 0.4) is 0 Å². The third-order valence-electron chi connectivity index (χ3n) is 4.45. The van der Waals surface area contributed by atoms with Crippen molar-refractivity contribution in [3.05, 3.63) is 48.3 Å². The molecule has 3 rings (SSSR count). The molecule has 0 aliphatic carbocycles. The molecule has 2 aromatic rings. The largest absolute Gasteiger partial charge is 0.378 e. The number of para-hydroxylation sites is 1. The molecule has 0 radical (unpaired) electrons. The fourth-order valence-corrected chi connectivity index (χ4v) is 3.15. The number of guanidine groups is 1. The zero-order valence-electron chi connectivity index (χ0n) is 15.5. The average molecular weight is 469 g/mol. The van der Waals surface area contributed by atoms with Gasteiger partial charge in [0.25, 0.3) is 0 Å².